The van der Waals surface area contributed by atoms with E-state index < -0.39 is 0 Å². The lowest BCUT2D eigenvalue weighted by Crippen LogP contribution is -2.42. The highest BCUT2D eigenvalue weighted by molar-refractivity contribution is 4.96. The largest absolute Gasteiger partial charge is 0.312 e. The number of nitrogens with one attached hydrogen (secondary N) is 1. The first kappa shape index (κ1) is 14.5. The van der Waals surface area contributed by atoms with E-state index in [-0.39, 0.29) is 0 Å². The number of hydrogen-bond donors (Lipinski definition) is 1. The van der Waals surface area contributed by atoms with E-state index in [0.29, 0.717) is 12.1 Å². The third-order valence-electron chi connectivity index (χ3n) is 4.31. The Bertz CT molecular complexity index is 399. The molecule has 4 nitrogen and oxygen atoms in total. The van der Waals surface area contributed by atoms with Crippen LogP contribution in [0, 0.1) is 19.8 Å². The lowest BCUT2D eigenvalue weighted by molar-refractivity contribution is 0.185. The van der Waals surface area contributed by atoms with Crippen molar-refractivity contribution in [3.05, 3.63) is 11.6 Å². The van der Waals surface area contributed by atoms with Crippen LogP contribution in [0.4, 0.5) is 0 Å². The van der Waals surface area contributed by atoms with Gasteiger partial charge in [-0.05, 0) is 45.6 Å². The van der Waals surface area contributed by atoms with Crippen molar-refractivity contribution in [2.24, 2.45) is 5.92 Å². The van der Waals surface area contributed by atoms with Crippen LogP contribution in [-0.4, -0.2) is 27.4 Å². The Balaban J connectivity index is 2.17. The highest BCUT2D eigenvalue weighted by Crippen LogP contribution is 2.35. The molecule has 1 aliphatic carbocycles. The van der Waals surface area contributed by atoms with Crippen molar-refractivity contribution in [3.63, 3.8) is 0 Å². The van der Waals surface area contributed by atoms with Gasteiger partial charge < -0.3 is 5.32 Å². The second-order valence-corrected chi connectivity index (χ2v) is 5.85. The number of likely N-dealkylation sites (N-methyl/N-ethyl adjacent to an activating group) is 1. The molecule has 1 N–H and O–H groups in total. The molecule has 108 valence electrons. The number of nitrogens with zero attached hydrogens (tertiary/aromatic N) is 3. The van der Waals surface area contributed by atoms with Crippen LogP contribution in [0.1, 0.15) is 63.6 Å². The van der Waals surface area contributed by atoms with E-state index >= 15 is 0 Å². The Morgan fingerprint density at radius 2 is 2.05 bits per heavy atom. The maximum Gasteiger partial charge on any atom is 0.147 e. The summed E-state index contributed by atoms with van der Waals surface area (Å²) in [5.41, 5.74) is 0. The van der Waals surface area contributed by atoms with E-state index in [1.165, 1.54) is 32.1 Å². The van der Waals surface area contributed by atoms with Gasteiger partial charge in [-0.1, -0.05) is 26.7 Å². The zero-order valence-corrected chi connectivity index (χ0v) is 12.8. The normalized spacial score (nSPS) is 27.7. The van der Waals surface area contributed by atoms with E-state index in [1.54, 1.807) is 0 Å². The van der Waals surface area contributed by atoms with Gasteiger partial charge in [0, 0.05) is 6.04 Å². The number of aromatic nitrogens is 3. The quantitative estimate of drug-likeness (QED) is 0.889. The van der Waals surface area contributed by atoms with Crippen molar-refractivity contribution in [1.29, 1.82) is 0 Å². The first-order valence-corrected chi connectivity index (χ1v) is 7.78. The number of hydrogen-bond acceptors (Lipinski definition) is 3. The molecule has 0 radical (unpaired) electrons. The van der Waals surface area contributed by atoms with Gasteiger partial charge in [-0.25, -0.2) is 9.67 Å². The molecule has 1 aromatic heterocycles. The molecule has 0 saturated heterocycles. The summed E-state index contributed by atoms with van der Waals surface area (Å²) >= 11 is 0. The molecule has 0 aliphatic heterocycles. The summed E-state index contributed by atoms with van der Waals surface area (Å²) in [6.45, 7) is 9.57. The average molecular weight is 264 g/mol. The van der Waals surface area contributed by atoms with Crippen molar-refractivity contribution in [3.8, 4) is 0 Å². The Morgan fingerprint density at radius 3 is 2.63 bits per heavy atom. The molecule has 0 bridgehead atoms. The van der Waals surface area contributed by atoms with Gasteiger partial charge in [0.2, 0.25) is 0 Å². The van der Waals surface area contributed by atoms with Crippen LogP contribution in [0.3, 0.4) is 0 Å². The summed E-state index contributed by atoms with van der Waals surface area (Å²) in [6.07, 6.45) is 6.51. The van der Waals surface area contributed by atoms with E-state index in [2.05, 4.69) is 40.9 Å². The van der Waals surface area contributed by atoms with Crippen LogP contribution in [-0.2, 0) is 0 Å². The van der Waals surface area contributed by atoms with Gasteiger partial charge in [0.15, 0.2) is 0 Å². The van der Waals surface area contributed by atoms with Gasteiger partial charge in [-0.15, -0.1) is 0 Å². The Morgan fingerprint density at radius 1 is 1.26 bits per heavy atom. The smallest absolute Gasteiger partial charge is 0.147 e. The molecule has 1 aromatic rings. The molecule has 1 fully saturated rings. The van der Waals surface area contributed by atoms with E-state index in [0.717, 1.165) is 24.1 Å². The predicted molar refractivity (Wildman–Crippen MR) is 78.2 cm³/mol. The van der Waals surface area contributed by atoms with Crippen molar-refractivity contribution in [2.45, 2.75) is 71.9 Å². The summed E-state index contributed by atoms with van der Waals surface area (Å²) in [7, 11) is 0. The minimum atomic E-state index is 0.478. The molecule has 3 atom stereocenters. The maximum atomic E-state index is 4.63. The zero-order chi connectivity index (χ0) is 13.8. The van der Waals surface area contributed by atoms with Crippen LogP contribution < -0.4 is 5.32 Å². The van der Waals surface area contributed by atoms with Crippen molar-refractivity contribution in [1.82, 2.24) is 20.1 Å². The SMILES string of the molecule is CCCC1CCC(NCC)C(n2nc(C)nc2C)C1. The third kappa shape index (κ3) is 3.35. The van der Waals surface area contributed by atoms with E-state index in [1.807, 2.05) is 6.92 Å². The Kier molecular flexibility index (Phi) is 4.97. The Hall–Kier alpha value is -0.900. The highest BCUT2D eigenvalue weighted by atomic mass is 15.4. The fourth-order valence-corrected chi connectivity index (χ4v) is 3.52. The van der Waals surface area contributed by atoms with Gasteiger partial charge >= 0.3 is 0 Å². The molecule has 1 heterocycles. The zero-order valence-electron chi connectivity index (χ0n) is 12.8. The lowest BCUT2D eigenvalue weighted by atomic mass is 9.80. The summed E-state index contributed by atoms with van der Waals surface area (Å²) < 4.78 is 2.17. The second kappa shape index (κ2) is 6.51. The molecule has 4 heteroatoms. The molecule has 0 amide bonds. The first-order chi connectivity index (χ1) is 9.15. The summed E-state index contributed by atoms with van der Waals surface area (Å²) in [4.78, 5) is 4.48. The molecule has 2 rings (SSSR count). The molecule has 1 aliphatic rings. The monoisotopic (exact) mass is 264 g/mol. The third-order valence-corrected chi connectivity index (χ3v) is 4.31. The van der Waals surface area contributed by atoms with Gasteiger partial charge in [-0.2, -0.15) is 5.10 Å². The molecule has 19 heavy (non-hydrogen) atoms. The fourth-order valence-electron chi connectivity index (χ4n) is 3.52. The van der Waals surface area contributed by atoms with Gasteiger partial charge in [0.25, 0.3) is 0 Å². The molecule has 0 aromatic carbocycles. The van der Waals surface area contributed by atoms with E-state index in [9.17, 15) is 0 Å². The molecule has 3 unspecified atom stereocenters. The van der Waals surface area contributed by atoms with Gasteiger partial charge in [0.1, 0.15) is 11.6 Å². The number of rotatable bonds is 5. The minimum absolute atomic E-state index is 0.478. The van der Waals surface area contributed by atoms with Crippen LogP contribution in [0.15, 0.2) is 0 Å². The van der Waals surface area contributed by atoms with Crippen LogP contribution in [0.5, 0.6) is 0 Å². The first-order valence-electron chi connectivity index (χ1n) is 7.78. The molecular formula is C15H28N4. The van der Waals surface area contributed by atoms with E-state index in [4.69, 9.17) is 0 Å². The van der Waals surface area contributed by atoms with Crippen LogP contribution in [0.2, 0.25) is 0 Å². The van der Waals surface area contributed by atoms with Crippen molar-refractivity contribution < 1.29 is 0 Å². The van der Waals surface area contributed by atoms with Crippen molar-refractivity contribution in [2.75, 3.05) is 6.54 Å². The predicted octanol–water partition coefficient (Wildman–Crippen LogP) is 3.01. The van der Waals surface area contributed by atoms with Crippen molar-refractivity contribution >= 4 is 0 Å². The second-order valence-electron chi connectivity index (χ2n) is 5.85. The lowest BCUT2D eigenvalue weighted by Gasteiger charge is -2.37. The minimum Gasteiger partial charge on any atom is -0.312 e. The highest BCUT2D eigenvalue weighted by Gasteiger charge is 2.32. The van der Waals surface area contributed by atoms with Gasteiger partial charge in [0.05, 0.1) is 6.04 Å². The maximum absolute atomic E-state index is 4.63. The number of aryl methyl sites for hydroxylation is 2. The molecule has 0 spiro atoms. The fraction of sp³-hybridized carbons (Fsp3) is 0.867. The van der Waals surface area contributed by atoms with Gasteiger partial charge in [-0.3, -0.25) is 0 Å². The summed E-state index contributed by atoms with van der Waals surface area (Å²) in [5, 5.41) is 8.27. The molecular weight excluding hydrogens is 236 g/mol. The van der Waals surface area contributed by atoms with Crippen LogP contribution >= 0.6 is 0 Å². The Labute approximate surface area is 117 Å². The molecule has 1 saturated carbocycles. The standard InChI is InChI=1S/C15H28N4/c1-5-7-13-8-9-14(16-6-2)15(10-13)19-12(4)17-11(3)18-19/h13-16H,5-10H2,1-4H3. The van der Waals surface area contributed by atoms with Crippen LogP contribution in [0.25, 0.3) is 0 Å². The topological polar surface area (TPSA) is 42.7 Å². The summed E-state index contributed by atoms with van der Waals surface area (Å²) in [5.74, 6) is 2.81. The average Bonchev–Trinajstić information content (AvgIpc) is 2.71. The summed E-state index contributed by atoms with van der Waals surface area (Å²) in [6, 6.07) is 1.03.